The first-order valence-corrected chi connectivity index (χ1v) is 5.97. The van der Waals surface area contributed by atoms with Crippen LogP contribution < -0.4 is 10.6 Å². The second-order valence-corrected chi connectivity index (χ2v) is 5.27. The summed E-state index contributed by atoms with van der Waals surface area (Å²) in [4.78, 5) is 13.4. The number of amides is 2. The molecule has 18 heavy (non-hydrogen) atoms. The molecule has 106 valence electrons. The summed E-state index contributed by atoms with van der Waals surface area (Å²) in [5, 5.41) is 4.31. The van der Waals surface area contributed by atoms with Crippen LogP contribution in [-0.4, -0.2) is 50.3 Å². The molecule has 1 fully saturated rings. The molecule has 0 unspecified atom stereocenters. The molecule has 1 heterocycles. The normalized spacial score (nSPS) is 20.5. The van der Waals surface area contributed by atoms with Crippen molar-refractivity contribution in [3.63, 3.8) is 0 Å². The predicted molar refractivity (Wildman–Crippen MR) is 62.3 cm³/mol. The number of rotatable bonds is 3. The molecule has 2 N–H and O–H groups in total. The Kier molecular flexibility index (Phi) is 4.84. The third-order valence-electron chi connectivity index (χ3n) is 3.32. The molecule has 0 aromatic carbocycles. The van der Waals surface area contributed by atoms with Crippen molar-refractivity contribution < 1.29 is 18.0 Å². The summed E-state index contributed by atoms with van der Waals surface area (Å²) in [6.07, 6.45) is -2.50. The van der Waals surface area contributed by atoms with Crippen molar-refractivity contribution in [2.24, 2.45) is 5.41 Å². The molecular weight excluding hydrogens is 247 g/mol. The summed E-state index contributed by atoms with van der Waals surface area (Å²) in [7, 11) is 2.03. The van der Waals surface area contributed by atoms with Gasteiger partial charge in [-0.3, -0.25) is 0 Å². The van der Waals surface area contributed by atoms with Gasteiger partial charge in [-0.2, -0.15) is 13.2 Å². The Labute approximate surface area is 105 Å². The molecule has 1 rings (SSSR count). The quantitative estimate of drug-likeness (QED) is 0.815. The second-order valence-electron chi connectivity index (χ2n) is 5.27. The lowest BCUT2D eigenvalue weighted by molar-refractivity contribution is -0.122. The lowest BCUT2D eigenvalue weighted by atomic mass is 9.80. The number of urea groups is 1. The molecule has 0 aromatic heterocycles. The number of nitrogens with zero attached hydrogens (tertiary/aromatic N) is 1. The molecule has 7 heteroatoms. The Morgan fingerprint density at radius 3 is 2.33 bits per heavy atom. The van der Waals surface area contributed by atoms with Crippen LogP contribution in [0.4, 0.5) is 18.0 Å². The van der Waals surface area contributed by atoms with Crippen LogP contribution >= 0.6 is 0 Å². The van der Waals surface area contributed by atoms with Gasteiger partial charge < -0.3 is 15.5 Å². The van der Waals surface area contributed by atoms with Gasteiger partial charge >= 0.3 is 12.2 Å². The van der Waals surface area contributed by atoms with Crippen molar-refractivity contribution in [2.45, 2.75) is 25.9 Å². The number of halogens is 3. The van der Waals surface area contributed by atoms with Crippen LogP contribution in [0.3, 0.4) is 0 Å². The first kappa shape index (κ1) is 15.1. The maximum atomic E-state index is 11.9. The molecule has 1 aliphatic rings. The molecule has 4 nitrogen and oxygen atoms in total. The number of likely N-dealkylation sites (tertiary alicyclic amines) is 1. The molecule has 0 spiro atoms. The fourth-order valence-corrected chi connectivity index (χ4v) is 1.87. The van der Waals surface area contributed by atoms with E-state index in [1.165, 1.54) is 0 Å². The van der Waals surface area contributed by atoms with Crippen molar-refractivity contribution in [3.05, 3.63) is 0 Å². The highest BCUT2D eigenvalue weighted by Crippen LogP contribution is 2.29. The number of carbonyl (C=O) groups is 1. The minimum absolute atomic E-state index is 0.0257. The lowest BCUT2D eigenvalue weighted by Crippen LogP contribution is -2.47. The van der Waals surface area contributed by atoms with Gasteiger partial charge in [-0.25, -0.2) is 4.79 Å². The highest BCUT2D eigenvalue weighted by atomic mass is 19.4. The van der Waals surface area contributed by atoms with E-state index in [0.29, 0.717) is 6.54 Å². The molecule has 0 bridgehead atoms. The summed E-state index contributed by atoms with van der Waals surface area (Å²) in [5.41, 5.74) is -0.0257. The van der Waals surface area contributed by atoms with Crippen molar-refractivity contribution in [1.82, 2.24) is 15.5 Å². The SMILES string of the molecule is CN1CCC(C)(CNC(=O)NCC(F)(F)F)CC1. The van der Waals surface area contributed by atoms with Crippen molar-refractivity contribution >= 4 is 6.03 Å². The van der Waals surface area contributed by atoms with Crippen molar-refractivity contribution in [2.75, 3.05) is 33.2 Å². The van der Waals surface area contributed by atoms with Gasteiger partial charge in [-0.05, 0) is 38.4 Å². The van der Waals surface area contributed by atoms with E-state index in [2.05, 4.69) is 10.2 Å². The van der Waals surface area contributed by atoms with E-state index in [-0.39, 0.29) is 5.41 Å². The summed E-state index contributed by atoms with van der Waals surface area (Å²) < 4.78 is 35.6. The Balaban J connectivity index is 2.25. The highest BCUT2D eigenvalue weighted by molar-refractivity contribution is 5.73. The molecule has 0 saturated carbocycles. The summed E-state index contributed by atoms with van der Waals surface area (Å²) in [6.45, 7) is 3.05. The van der Waals surface area contributed by atoms with Gasteiger partial charge in [-0.15, -0.1) is 0 Å². The third kappa shape index (κ3) is 5.57. The topological polar surface area (TPSA) is 44.4 Å². The fourth-order valence-electron chi connectivity index (χ4n) is 1.87. The highest BCUT2D eigenvalue weighted by Gasteiger charge is 2.30. The second kappa shape index (κ2) is 5.77. The number of alkyl halides is 3. The maximum Gasteiger partial charge on any atom is 0.405 e. The smallest absolute Gasteiger partial charge is 0.338 e. The van der Waals surface area contributed by atoms with E-state index in [1.54, 1.807) is 5.32 Å². The van der Waals surface area contributed by atoms with Crippen molar-refractivity contribution in [1.29, 1.82) is 0 Å². The zero-order valence-electron chi connectivity index (χ0n) is 10.7. The molecule has 0 aliphatic carbocycles. The molecule has 0 radical (unpaired) electrons. The van der Waals surface area contributed by atoms with E-state index in [4.69, 9.17) is 0 Å². The molecular formula is C11H20F3N3O. The summed E-state index contributed by atoms with van der Waals surface area (Å²) in [5.74, 6) is 0. The van der Waals surface area contributed by atoms with E-state index in [0.717, 1.165) is 25.9 Å². The van der Waals surface area contributed by atoms with Gasteiger partial charge in [0, 0.05) is 6.54 Å². The standard InChI is InChI=1S/C11H20F3N3O/c1-10(3-5-17(2)6-4-10)7-15-9(18)16-8-11(12,13)14/h3-8H2,1-2H3,(H2,15,16,18). The first-order chi connectivity index (χ1) is 8.20. The van der Waals surface area contributed by atoms with E-state index >= 15 is 0 Å². The number of nitrogens with one attached hydrogen (secondary N) is 2. The minimum atomic E-state index is -4.37. The van der Waals surface area contributed by atoms with E-state index in [1.807, 2.05) is 14.0 Å². The number of hydrogen-bond acceptors (Lipinski definition) is 2. The molecule has 0 aromatic rings. The lowest BCUT2D eigenvalue weighted by Gasteiger charge is -2.37. The van der Waals surface area contributed by atoms with Gasteiger partial charge in [0.2, 0.25) is 0 Å². The Morgan fingerprint density at radius 1 is 1.28 bits per heavy atom. The molecule has 1 aliphatic heterocycles. The predicted octanol–water partition coefficient (Wildman–Crippen LogP) is 1.58. The summed E-state index contributed by atoms with van der Waals surface area (Å²) in [6, 6.07) is -0.757. The van der Waals surface area contributed by atoms with Gasteiger partial charge in [0.15, 0.2) is 0 Å². The Bertz CT molecular complexity index is 286. The van der Waals surface area contributed by atoms with Gasteiger partial charge in [-0.1, -0.05) is 6.92 Å². The zero-order valence-corrected chi connectivity index (χ0v) is 10.7. The number of carbonyl (C=O) groups excluding carboxylic acids is 1. The number of hydrogen-bond donors (Lipinski definition) is 2. The fraction of sp³-hybridized carbons (Fsp3) is 0.909. The van der Waals surface area contributed by atoms with Gasteiger partial charge in [0.1, 0.15) is 6.54 Å². The van der Waals surface area contributed by atoms with Crippen LogP contribution in [0.5, 0.6) is 0 Å². The van der Waals surface area contributed by atoms with E-state index in [9.17, 15) is 18.0 Å². The minimum Gasteiger partial charge on any atom is -0.338 e. The largest absolute Gasteiger partial charge is 0.405 e. The van der Waals surface area contributed by atoms with Crippen LogP contribution in [-0.2, 0) is 0 Å². The zero-order chi connectivity index (χ0) is 13.8. The monoisotopic (exact) mass is 267 g/mol. The van der Waals surface area contributed by atoms with Crippen LogP contribution in [0.2, 0.25) is 0 Å². The average Bonchev–Trinajstić information content (AvgIpc) is 2.27. The van der Waals surface area contributed by atoms with Crippen molar-refractivity contribution in [3.8, 4) is 0 Å². The Hall–Kier alpha value is -0.980. The van der Waals surface area contributed by atoms with Crippen LogP contribution in [0.15, 0.2) is 0 Å². The summed E-state index contributed by atoms with van der Waals surface area (Å²) >= 11 is 0. The van der Waals surface area contributed by atoms with E-state index < -0.39 is 18.8 Å². The van der Waals surface area contributed by atoms with Crippen LogP contribution in [0.1, 0.15) is 19.8 Å². The first-order valence-electron chi connectivity index (χ1n) is 5.97. The molecule has 2 amide bonds. The number of piperidine rings is 1. The third-order valence-corrected chi connectivity index (χ3v) is 3.32. The van der Waals surface area contributed by atoms with Crippen LogP contribution in [0, 0.1) is 5.41 Å². The maximum absolute atomic E-state index is 11.9. The molecule has 1 saturated heterocycles. The van der Waals surface area contributed by atoms with Crippen LogP contribution in [0.25, 0.3) is 0 Å². The van der Waals surface area contributed by atoms with Gasteiger partial charge in [0.05, 0.1) is 0 Å². The Morgan fingerprint density at radius 2 is 1.83 bits per heavy atom. The molecule has 0 atom stereocenters. The average molecular weight is 267 g/mol. The van der Waals surface area contributed by atoms with Gasteiger partial charge in [0.25, 0.3) is 0 Å².